The standard InChI is InChI=1S/C10H9ClN4O/c11-7-3-1-2-6(4-7)8-5-9(15-14-8)10(16)13-12/h1-5H,12H2,(H,13,16)(H,14,15). The third kappa shape index (κ3) is 2.05. The molecule has 0 saturated heterocycles. The predicted octanol–water partition coefficient (Wildman–Crippen LogP) is 1.33. The Kier molecular flexibility index (Phi) is 2.89. The Hall–Kier alpha value is -1.85. The molecule has 2 rings (SSSR count). The smallest absolute Gasteiger partial charge is 0.283 e. The zero-order valence-corrected chi connectivity index (χ0v) is 8.95. The van der Waals surface area contributed by atoms with Gasteiger partial charge in [-0.15, -0.1) is 0 Å². The number of amides is 1. The summed E-state index contributed by atoms with van der Waals surface area (Å²) in [5, 5.41) is 7.20. The molecule has 1 amide bonds. The molecule has 6 heteroatoms. The van der Waals surface area contributed by atoms with Gasteiger partial charge in [0.2, 0.25) is 0 Å². The van der Waals surface area contributed by atoms with E-state index in [0.717, 1.165) is 5.56 Å². The minimum Gasteiger partial charge on any atom is -0.289 e. The van der Waals surface area contributed by atoms with E-state index in [2.05, 4.69) is 10.2 Å². The molecule has 0 spiro atoms. The summed E-state index contributed by atoms with van der Waals surface area (Å²) in [5.74, 6) is 4.59. The van der Waals surface area contributed by atoms with Crippen LogP contribution in [0.3, 0.4) is 0 Å². The maximum Gasteiger partial charge on any atom is 0.283 e. The zero-order valence-electron chi connectivity index (χ0n) is 8.20. The third-order valence-electron chi connectivity index (χ3n) is 2.07. The first-order valence-corrected chi connectivity index (χ1v) is 4.91. The van der Waals surface area contributed by atoms with Crippen LogP contribution >= 0.6 is 11.6 Å². The highest BCUT2D eigenvalue weighted by molar-refractivity contribution is 6.30. The van der Waals surface area contributed by atoms with Gasteiger partial charge in [-0.05, 0) is 18.2 Å². The topological polar surface area (TPSA) is 83.8 Å². The monoisotopic (exact) mass is 236 g/mol. The van der Waals surface area contributed by atoms with Crippen LogP contribution in [-0.2, 0) is 0 Å². The van der Waals surface area contributed by atoms with Crippen LogP contribution in [0.25, 0.3) is 11.3 Å². The van der Waals surface area contributed by atoms with Gasteiger partial charge in [-0.1, -0.05) is 23.7 Å². The van der Waals surface area contributed by atoms with Crippen LogP contribution in [0.4, 0.5) is 0 Å². The first-order valence-electron chi connectivity index (χ1n) is 4.53. The van der Waals surface area contributed by atoms with Gasteiger partial charge in [-0.25, -0.2) is 5.84 Å². The molecule has 0 aliphatic rings. The Bertz CT molecular complexity index is 523. The van der Waals surface area contributed by atoms with E-state index in [1.807, 2.05) is 17.6 Å². The van der Waals surface area contributed by atoms with Gasteiger partial charge in [0.15, 0.2) is 0 Å². The normalized spacial score (nSPS) is 10.1. The second-order valence-electron chi connectivity index (χ2n) is 3.15. The Morgan fingerprint density at radius 1 is 1.44 bits per heavy atom. The van der Waals surface area contributed by atoms with E-state index in [4.69, 9.17) is 17.4 Å². The van der Waals surface area contributed by atoms with Crippen LogP contribution in [0.5, 0.6) is 0 Å². The SMILES string of the molecule is NNC(=O)c1cc(-c2cccc(Cl)c2)n[nH]1. The van der Waals surface area contributed by atoms with Gasteiger partial charge in [-0.3, -0.25) is 15.3 Å². The van der Waals surface area contributed by atoms with Gasteiger partial charge in [-0.2, -0.15) is 5.10 Å². The molecular formula is C10H9ClN4O. The highest BCUT2D eigenvalue weighted by atomic mass is 35.5. The molecule has 0 fully saturated rings. The lowest BCUT2D eigenvalue weighted by Crippen LogP contribution is -2.30. The number of hydrogen-bond acceptors (Lipinski definition) is 3. The fourth-order valence-corrected chi connectivity index (χ4v) is 1.50. The van der Waals surface area contributed by atoms with Crippen LogP contribution < -0.4 is 11.3 Å². The van der Waals surface area contributed by atoms with Crippen LogP contribution in [0, 0.1) is 0 Å². The molecule has 0 radical (unpaired) electrons. The van der Waals surface area contributed by atoms with E-state index in [-0.39, 0.29) is 0 Å². The van der Waals surface area contributed by atoms with Crippen molar-refractivity contribution in [3.05, 3.63) is 41.0 Å². The van der Waals surface area contributed by atoms with Crippen molar-refractivity contribution in [3.8, 4) is 11.3 Å². The largest absolute Gasteiger partial charge is 0.289 e. The molecule has 82 valence electrons. The number of aromatic nitrogens is 2. The molecule has 0 unspecified atom stereocenters. The van der Waals surface area contributed by atoms with Crippen LogP contribution in [0.2, 0.25) is 5.02 Å². The number of carbonyl (C=O) groups excluding carboxylic acids is 1. The van der Waals surface area contributed by atoms with E-state index in [1.165, 1.54) is 0 Å². The number of benzene rings is 1. The van der Waals surface area contributed by atoms with E-state index < -0.39 is 5.91 Å². The van der Waals surface area contributed by atoms with Crippen molar-refractivity contribution >= 4 is 17.5 Å². The van der Waals surface area contributed by atoms with Crippen molar-refractivity contribution in [2.24, 2.45) is 5.84 Å². The molecule has 5 nitrogen and oxygen atoms in total. The van der Waals surface area contributed by atoms with Crippen molar-refractivity contribution in [3.63, 3.8) is 0 Å². The van der Waals surface area contributed by atoms with Gasteiger partial charge in [0, 0.05) is 10.6 Å². The summed E-state index contributed by atoms with van der Waals surface area (Å²) in [6.45, 7) is 0. The van der Waals surface area contributed by atoms with Gasteiger partial charge in [0.25, 0.3) is 5.91 Å². The number of hydrazine groups is 1. The molecule has 1 aromatic carbocycles. The van der Waals surface area contributed by atoms with Crippen LogP contribution in [0.15, 0.2) is 30.3 Å². The molecule has 0 aliphatic carbocycles. The Morgan fingerprint density at radius 2 is 2.25 bits per heavy atom. The molecule has 1 heterocycles. The summed E-state index contributed by atoms with van der Waals surface area (Å²) in [4.78, 5) is 11.2. The molecule has 1 aromatic heterocycles. The second kappa shape index (κ2) is 4.34. The number of carbonyl (C=O) groups is 1. The maximum atomic E-state index is 11.2. The number of rotatable bonds is 2. The van der Waals surface area contributed by atoms with Gasteiger partial charge in [0.05, 0.1) is 5.69 Å². The van der Waals surface area contributed by atoms with E-state index in [1.54, 1.807) is 18.2 Å². The Morgan fingerprint density at radius 3 is 2.94 bits per heavy atom. The van der Waals surface area contributed by atoms with Crippen LogP contribution in [0.1, 0.15) is 10.5 Å². The molecule has 4 N–H and O–H groups in total. The van der Waals surface area contributed by atoms with Crippen molar-refractivity contribution < 1.29 is 4.79 Å². The number of H-pyrrole nitrogens is 1. The van der Waals surface area contributed by atoms with Crippen LogP contribution in [-0.4, -0.2) is 16.1 Å². The van der Waals surface area contributed by atoms with Gasteiger partial charge in [0.1, 0.15) is 5.69 Å². The average molecular weight is 237 g/mol. The van der Waals surface area contributed by atoms with E-state index in [9.17, 15) is 4.79 Å². The number of halogens is 1. The zero-order chi connectivity index (χ0) is 11.5. The quantitative estimate of drug-likeness (QED) is 0.418. The van der Waals surface area contributed by atoms with Crippen molar-refractivity contribution in [1.82, 2.24) is 15.6 Å². The highest BCUT2D eigenvalue weighted by Crippen LogP contribution is 2.21. The van der Waals surface area contributed by atoms with Crippen molar-refractivity contribution in [2.75, 3.05) is 0 Å². The Labute approximate surface area is 96.6 Å². The molecule has 16 heavy (non-hydrogen) atoms. The summed E-state index contributed by atoms with van der Waals surface area (Å²) in [6, 6.07) is 8.81. The molecular weight excluding hydrogens is 228 g/mol. The number of hydrogen-bond donors (Lipinski definition) is 3. The maximum absolute atomic E-state index is 11.2. The first-order chi connectivity index (χ1) is 7.70. The molecule has 0 saturated carbocycles. The first kappa shape index (κ1) is 10.7. The van der Waals surface area contributed by atoms with E-state index in [0.29, 0.717) is 16.4 Å². The molecule has 0 atom stereocenters. The number of nitrogens with two attached hydrogens (primary N) is 1. The Balaban J connectivity index is 2.35. The third-order valence-corrected chi connectivity index (χ3v) is 2.31. The fourth-order valence-electron chi connectivity index (χ4n) is 1.31. The number of nitrogen functional groups attached to an aromatic ring is 1. The summed E-state index contributed by atoms with van der Waals surface area (Å²) < 4.78 is 0. The second-order valence-corrected chi connectivity index (χ2v) is 3.59. The number of nitrogens with one attached hydrogen (secondary N) is 2. The van der Waals surface area contributed by atoms with Crippen molar-refractivity contribution in [2.45, 2.75) is 0 Å². The summed E-state index contributed by atoms with van der Waals surface area (Å²) >= 11 is 5.85. The summed E-state index contributed by atoms with van der Waals surface area (Å²) in [7, 11) is 0. The van der Waals surface area contributed by atoms with Gasteiger partial charge < -0.3 is 0 Å². The predicted molar refractivity (Wildman–Crippen MR) is 60.7 cm³/mol. The van der Waals surface area contributed by atoms with Gasteiger partial charge >= 0.3 is 0 Å². The van der Waals surface area contributed by atoms with E-state index >= 15 is 0 Å². The average Bonchev–Trinajstić information content (AvgIpc) is 2.77. The van der Waals surface area contributed by atoms with Crippen molar-refractivity contribution in [1.29, 1.82) is 0 Å². The lowest BCUT2D eigenvalue weighted by molar-refractivity contribution is 0.0948. The minimum absolute atomic E-state index is 0.303. The fraction of sp³-hybridized carbons (Fsp3) is 0. The number of aromatic amines is 1. The molecule has 0 aliphatic heterocycles. The molecule has 0 bridgehead atoms. The molecule has 2 aromatic rings. The lowest BCUT2D eigenvalue weighted by atomic mass is 10.1. The summed E-state index contributed by atoms with van der Waals surface area (Å²) in [5.41, 5.74) is 3.80. The highest BCUT2D eigenvalue weighted by Gasteiger charge is 2.09. The minimum atomic E-state index is -0.416. The number of nitrogens with zero attached hydrogens (tertiary/aromatic N) is 1. The lowest BCUT2D eigenvalue weighted by Gasteiger charge is -1.95. The summed E-state index contributed by atoms with van der Waals surface area (Å²) in [6.07, 6.45) is 0.